The lowest BCUT2D eigenvalue weighted by atomic mass is 10.2. The summed E-state index contributed by atoms with van der Waals surface area (Å²) in [7, 11) is 0. The molecule has 1 fully saturated rings. The average Bonchev–Trinajstić information content (AvgIpc) is 3.10. The highest BCUT2D eigenvalue weighted by Gasteiger charge is 2.18. The van der Waals surface area contributed by atoms with Crippen molar-refractivity contribution < 1.29 is 4.79 Å². The van der Waals surface area contributed by atoms with Crippen molar-refractivity contribution in [2.75, 3.05) is 23.3 Å². The Kier molecular flexibility index (Phi) is 4.71. The van der Waals surface area contributed by atoms with E-state index >= 15 is 0 Å². The van der Waals surface area contributed by atoms with Crippen LogP contribution in [0.25, 0.3) is 0 Å². The smallest absolute Gasteiger partial charge is 0.319 e. The molecule has 0 saturated carbocycles. The molecule has 1 aliphatic rings. The van der Waals surface area contributed by atoms with Crippen LogP contribution in [0.15, 0.2) is 42.7 Å². The molecule has 6 nitrogen and oxygen atoms in total. The van der Waals surface area contributed by atoms with Crippen molar-refractivity contribution in [1.29, 1.82) is 0 Å². The Morgan fingerprint density at radius 1 is 1.13 bits per heavy atom. The van der Waals surface area contributed by atoms with E-state index < -0.39 is 0 Å². The van der Waals surface area contributed by atoms with Crippen LogP contribution in [0.4, 0.5) is 16.3 Å². The molecule has 1 saturated heterocycles. The Morgan fingerprint density at radius 3 is 2.65 bits per heavy atom. The first-order valence-electron chi connectivity index (χ1n) is 7.92. The molecule has 1 unspecified atom stereocenters. The van der Waals surface area contributed by atoms with Crippen molar-refractivity contribution in [1.82, 2.24) is 15.3 Å². The summed E-state index contributed by atoms with van der Waals surface area (Å²) >= 11 is 0. The number of amides is 2. The fourth-order valence-corrected chi connectivity index (χ4v) is 2.74. The van der Waals surface area contributed by atoms with Gasteiger partial charge in [-0.15, -0.1) is 0 Å². The summed E-state index contributed by atoms with van der Waals surface area (Å²) in [6.45, 7) is 3.88. The topological polar surface area (TPSA) is 70.2 Å². The molecule has 2 aromatic rings. The largest absolute Gasteiger partial charge is 0.355 e. The zero-order chi connectivity index (χ0) is 16.1. The maximum atomic E-state index is 12.3. The molecular weight excluding hydrogens is 290 g/mol. The van der Waals surface area contributed by atoms with E-state index in [-0.39, 0.29) is 12.1 Å². The molecule has 0 aliphatic carbocycles. The highest BCUT2D eigenvalue weighted by molar-refractivity contribution is 5.92. The van der Waals surface area contributed by atoms with Crippen LogP contribution < -0.4 is 15.5 Å². The third kappa shape index (κ3) is 3.77. The van der Waals surface area contributed by atoms with E-state index in [0.29, 0.717) is 0 Å². The van der Waals surface area contributed by atoms with Gasteiger partial charge in [-0.1, -0.05) is 6.07 Å². The Hall–Kier alpha value is -2.63. The number of aromatic nitrogens is 2. The fourth-order valence-electron chi connectivity index (χ4n) is 2.74. The molecule has 3 rings (SSSR count). The SMILES string of the molecule is CC(NC(=O)Nc1cccnc1N1CCCC1)c1ccccn1. The second-order valence-corrected chi connectivity index (χ2v) is 5.64. The first-order chi connectivity index (χ1) is 11.2. The number of carbonyl (C=O) groups excluding carboxylic acids is 1. The van der Waals surface area contributed by atoms with Crippen molar-refractivity contribution in [3.05, 3.63) is 48.4 Å². The first kappa shape index (κ1) is 15.3. The fraction of sp³-hybridized carbons (Fsp3) is 0.353. The average molecular weight is 311 g/mol. The Labute approximate surface area is 135 Å². The molecule has 0 aromatic carbocycles. The summed E-state index contributed by atoms with van der Waals surface area (Å²) in [6.07, 6.45) is 5.81. The first-order valence-corrected chi connectivity index (χ1v) is 7.92. The van der Waals surface area contributed by atoms with Crippen LogP contribution in [-0.2, 0) is 0 Å². The summed E-state index contributed by atoms with van der Waals surface area (Å²) in [6, 6.07) is 8.95. The molecule has 6 heteroatoms. The second-order valence-electron chi connectivity index (χ2n) is 5.64. The lowest BCUT2D eigenvalue weighted by Gasteiger charge is -2.21. The van der Waals surface area contributed by atoms with Crippen LogP contribution in [0.1, 0.15) is 31.5 Å². The normalized spacial score (nSPS) is 15.3. The van der Waals surface area contributed by atoms with E-state index in [1.54, 1.807) is 12.4 Å². The minimum absolute atomic E-state index is 0.164. The highest BCUT2D eigenvalue weighted by Crippen LogP contribution is 2.26. The number of hydrogen-bond donors (Lipinski definition) is 2. The molecule has 1 aliphatic heterocycles. The molecule has 0 bridgehead atoms. The van der Waals surface area contributed by atoms with Gasteiger partial charge in [0.05, 0.1) is 17.4 Å². The molecule has 0 spiro atoms. The van der Waals surface area contributed by atoms with Crippen molar-refractivity contribution in [2.45, 2.75) is 25.8 Å². The highest BCUT2D eigenvalue weighted by atomic mass is 16.2. The second kappa shape index (κ2) is 7.09. The molecule has 120 valence electrons. The van der Waals surface area contributed by atoms with Crippen LogP contribution in [0.2, 0.25) is 0 Å². The summed E-state index contributed by atoms with van der Waals surface area (Å²) in [4.78, 5) is 23.2. The van der Waals surface area contributed by atoms with Crippen molar-refractivity contribution in [3.8, 4) is 0 Å². The maximum absolute atomic E-state index is 12.3. The molecule has 3 heterocycles. The third-order valence-electron chi connectivity index (χ3n) is 3.92. The number of rotatable bonds is 4. The van der Waals surface area contributed by atoms with E-state index in [2.05, 4.69) is 25.5 Å². The molecule has 2 amide bonds. The predicted molar refractivity (Wildman–Crippen MR) is 90.5 cm³/mol. The predicted octanol–water partition coefficient (Wildman–Crippen LogP) is 2.96. The molecule has 1 atom stereocenters. The minimum Gasteiger partial charge on any atom is -0.355 e. The molecule has 2 N–H and O–H groups in total. The van der Waals surface area contributed by atoms with Gasteiger partial charge in [-0.3, -0.25) is 4.98 Å². The summed E-state index contributed by atoms with van der Waals surface area (Å²) in [5.41, 5.74) is 1.56. The van der Waals surface area contributed by atoms with Gasteiger partial charge < -0.3 is 15.5 Å². The van der Waals surface area contributed by atoms with Crippen LogP contribution in [-0.4, -0.2) is 29.1 Å². The van der Waals surface area contributed by atoms with Crippen molar-refractivity contribution in [3.63, 3.8) is 0 Å². The van der Waals surface area contributed by atoms with E-state index in [1.807, 2.05) is 37.3 Å². The number of nitrogens with zero attached hydrogens (tertiary/aromatic N) is 3. The lowest BCUT2D eigenvalue weighted by molar-refractivity contribution is 0.249. The van der Waals surface area contributed by atoms with Gasteiger partial charge >= 0.3 is 6.03 Å². The van der Waals surface area contributed by atoms with Gasteiger partial charge in [0.25, 0.3) is 0 Å². The summed E-state index contributed by atoms with van der Waals surface area (Å²) in [5, 5.41) is 5.81. The van der Waals surface area contributed by atoms with Crippen LogP contribution in [0.3, 0.4) is 0 Å². The lowest BCUT2D eigenvalue weighted by Crippen LogP contribution is -2.32. The molecule has 0 radical (unpaired) electrons. The van der Waals surface area contributed by atoms with Gasteiger partial charge in [-0.05, 0) is 44.0 Å². The number of anilines is 2. The van der Waals surface area contributed by atoms with Crippen LogP contribution in [0, 0.1) is 0 Å². The van der Waals surface area contributed by atoms with Gasteiger partial charge in [0.15, 0.2) is 5.82 Å². The molecular formula is C17H21N5O. The van der Waals surface area contributed by atoms with Crippen molar-refractivity contribution in [2.24, 2.45) is 0 Å². The quantitative estimate of drug-likeness (QED) is 0.911. The van der Waals surface area contributed by atoms with Gasteiger partial charge in [0.2, 0.25) is 0 Å². The Bertz CT molecular complexity index is 655. The number of pyridine rings is 2. The standard InChI is InChI=1S/C17H21N5O/c1-13(14-7-2-3-9-18-14)20-17(23)21-15-8-6-10-19-16(15)22-11-4-5-12-22/h2-3,6-10,13H,4-5,11-12H2,1H3,(H2,20,21,23). The van der Waals surface area contributed by atoms with E-state index in [9.17, 15) is 4.79 Å². The summed E-state index contributed by atoms with van der Waals surface area (Å²) < 4.78 is 0. The maximum Gasteiger partial charge on any atom is 0.319 e. The van der Waals surface area contributed by atoms with Gasteiger partial charge in [0.1, 0.15) is 0 Å². The Morgan fingerprint density at radius 2 is 1.91 bits per heavy atom. The monoisotopic (exact) mass is 311 g/mol. The number of hydrogen-bond acceptors (Lipinski definition) is 4. The van der Waals surface area contributed by atoms with Crippen molar-refractivity contribution >= 4 is 17.5 Å². The number of nitrogens with one attached hydrogen (secondary N) is 2. The zero-order valence-electron chi connectivity index (χ0n) is 13.2. The molecule has 23 heavy (non-hydrogen) atoms. The zero-order valence-corrected chi connectivity index (χ0v) is 13.2. The van der Waals surface area contributed by atoms with E-state index in [0.717, 1.165) is 30.3 Å². The minimum atomic E-state index is -0.253. The Balaban J connectivity index is 1.66. The number of urea groups is 1. The van der Waals surface area contributed by atoms with E-state index in [1.165, 1.54) is 12.8 Å². The number of carbonyl (C=O) groups is 1. The van der Waals surface area contributed by atoms with Crippen LogP contribution in [0.5, 0.6) is 0 Å². The third-order valence-corrected chi connectivity index (χ3v) is 3.92. The van der Waals surface area contributed by atoms with Crippen LogP contribution >= 0.6 is 0 Å². The van der Waals surface area contributed by atoms with Gasteiger partial charge in [-0.25, -0.2) is 9.78 Å². The molecule has 2 aromatic heterocycles. The van der Waals surface area contributed by atoms with Gasteiger partial charge in [0, 0.05) is 25.5 Å². The van der Waals surface area contributed by atoms with Gasteiger partial charge in [-0.2, -0.15) is 0 Å². The summed E-state index contributed by atoms with van der Waals surface area (Å²) in [5.74, 6) is 0.839. The van der Waals surface area contributed by atoms with E-state index in [4.69, 9.17) is 0 Å².